The zero-order valence-electron chi connectivity index (χ0n) is 22.0. The van der Waals surface area contributed by atoms with Gasteiger partial charge in [0.1, 0.15) is 22.1 Å². The summed E-state index contributed by atoms with van der Waals surface area (Å²) in [5.41, 5.74) is 3.72. The summed E-state index contributed by atoms with van der Waals surface area (Å²) in [5.74, 6) is 4.07. The standard InChI is InChI=1S/C27H32N6O4S/c1-33-9-5-6-20(33)16-10-23(35-3)26(24(11-16)36-4)38-32-27-17-12-22(34-2)19(13-21(17)37-31-27)28-25-14-18(29-30-25)15-7-8-15/h10-15,20H,5-9H2,1-4H3,(H,31,32)(H2,28,29,30). The Morgan fingerprint density at radius 3 is 2.42 bits per heavy atom. The van der Waals surface area contributed by atoms with E-state index in [0.717, 1.165) is 51.9 Å². The Morgan fingerprint density at radius 1 is 1.00 bits per heavy atom. The lowest BCUT2D eigenvalue weighted by Crippen LogP contribution is -2.17. The van der Waals surface area contributed by atoms with Crippen molar-refractivity contribution >= 4 is 40.2 Å². The van der Waals surface area contributed by atoms with Gasteiger partial charge in [-0.15, -0.1) is 0 Å². The number of anilines is 3. The van der Waals surface area contributed by atoms with Crippen LogP contribution in [0.3, 0.4) is 0 Å². The van der Waals surface area contributed by atoms with Gasteiger partial charge >= 0.3 is 0 Å². The number of hydrogen-bond acceptors (Lipinski definition) is 10. The summed E-state index contributed by atoms with van der Waals surface area (Å²) >= 11 is 1.37. The lowest BCUT2D eigenvalue weighted by atomic mass is 10.0. The quantitative estimate of drug-likeness (QED) is 0.206. The monoisotopic (exact) mass is 536 g/mol. The number of aromatic nitrogens is 3. The Bertz CT molecular complexity index is 1420. The van der Waals surface area contributed by atoms with Gasteiger partial charge in [0.05, 0.1) is 32.4 Å². The number of benzene rings is 2. The fourth-order valence-corrected chi connectivity index (χ4v) is 5.90. The molecule has 2 aromatic carbocycles. The summed E-state index contributed by atoms with van der Waals surface area (Å²) < 4.78 is 26.2. The number of aromatic amines is 1. The van der Waals surface area contributed by atoms with Crippen LogP contribution in [0.15, 0.2) is 39.8 Å². The lowest BCUT2D eigenvalue weighted by molar-refractivity contribution is 0.313. The molecule has 1 unspecified atom stereocenters. The van der Waals surface area contributed by atoms with Gasteiger partial charge in [0.15, 0.2) is 17.2 Å². The van der Waals surface area contributed by atoms with Crippen LogP contribution in [0.4, 0.5) is 17.3 Å². The SMILES string of the molecule is COc1cc2c(NSc3c(OC)cc(C4CCCN4C)cc3OC)noc2cc1Nc1cc(C2CC2)[nH]n1. The van der Waals surface area contributed by atoms with Crippen LogP contribution >= 0.6 is 11.9 Å². The lowest BCUT2D eigenvalue weighted by Gasteiger charge is -2.22. The molecule has 38 heavy (non-hydrogen) atoms. The largest absolute Gasteiger partial charge is 0.495 e. The molecule has 0 amide bonds. The molecule has 3 N–H and O–H groups in total. The van der Waals surface area contributed by atoms with E-state index < -0.39 is 0 Å². The maximum atomic E-state index is 5.77. The van der Waals surface area contributed by atoms with E-state index in [4.69, 9.17) is 18.7 Å². The molecule has 11 heteroatoms. The normalized spacial score (nSPS) is 17.6. The second-order valence-corrected chi connectivity index (χ2v) is 10.6. The van der Waals surface area contributed by atoms with Crippen LogP contribution in [0.5, 0.6) is 17.2 Å². The molecule has 10 nitrogen and oxygen atoms in total. The van der Waals surface area contributed by atoms with E-state index in [9.17, 15) is 0 Å². The van der Waals surface area contributed by atoms with E-state index in [0.29, 0.717) is 29.1 Å². The predicted octanol–water partition coefficient (Wildman–Crippen LogP) is 6.08. The van der Waals surface area contributed by atoms with Crippen molar-refractivity contribution in [3.63, 3.8) is 0 Å². The van der Waals surface area contributed by atoms with Crippen molar-refractivity contribution in [2.75, 3.05) is 45.0 Å². The van der Waals surface area contributed by atoms with Gasteiger partial charge in [-0.25, -0.2) is 0 Å². The predicted molar refractivity (Wildman–Crippen MR) is 148 cm³/mol. The first-order valence-corrected chi connectivity index (χ1v) is 13.6. The van der Waals surface area contributed by atoms with Gasteiger partial charge in [-0.1, -0.05) is 5.16 Å². The third kappa shape index (κ3) is 4.71. The molecule has 3 heterocycles. The van der Waals surface area contributed by atoms with Gasteiger partial charge in [-0.3, -0.25) is 10.00 Å². The van der Waals surface area contributed by atoms with Crippen LogP contribution < -0.4 is 24.2 Å². The van der Waals surface area contributed by atoms with Gasteiger partial charge in [-0.05, 0) is 75.0 Å². The third-order valence-electron chi connectivity index (χ3n) is 7.31. The third-order valence-corrected chi connectivity index (χ3v) is 8.21. The van der Waals surface area contributed by atoms with E-state index in [1.807, 2.05) is 18.2 Å². The van der Waals surface area contributed by atoms with Crippen molar-refractivity contribution in [2.45, 2.75) is 42.5 Å². The molecule has 6 rings (SSSR count). The minimum atomic E-state index is 0.362. The molecule has 0 bridgehead atoms. The van der Waals surface area contributed by atoms with Crippen molar-refractivity contribution in [1.82, 2.24) is 20.3 Å². The number of nitrogens with zero attached hydrogens (tertiary/aromatic N) is 3. The second-order valence-electron chi connectivity index (χ2n) is 9.78. The molecule has 0 radical (unpaired) electrons. The van der Waals surface area contributed by atoms with Gasteiger partial charge < -0.3 is 28.8 Å². The number of methoxy groups -OCH3 is 3. The maximum absolute atomic E-state index is 5.77. The number of nitrogens with one attached hydrogen (secondary N) is 3. The minimum Gasteiger partial charge on any atom is -0.495 e. The number of rotatable bonds is 10. The molecule has 1 aliphatic heterocycles. The highest BCUT2D eigenvalue weighted by molar-refractivity contribution is 8.00. The molecule has 4 aromatic rings. The Balaban J connectivity index is 1.24. The van der Waals surface area contributed by atoms with Crippen molar-refractivity contribution in [3.8, 4) is 17.2 Å². The molecule has 2 aromatic heterocycles. The number of hydrogen-bond donors (Lipinski definition) is 3. The zero-order chi connectivity index (χ0) is 26.2. The Kier molecular flexibility index (Phi) is 6.71. The Labute approximate surface area is 225 Å². The van der Waals surface area contributed by atoms with Crippen LogP contribution in [0, 0.1) is 0 Å². The van der Waals surface area contributed by atoms with Crippen molar-refractivity contribution in [1.29, 1.82) is 0 Å². The first-order chi connectivity index (χ1) is 18.6. The summed E-state index contributed by atoms with van der Waals surface area (Å²) in [5, 5.41) is 15.9. The van der Waals surface area contributed by atoms with E-state index in [1.54, 1.807) is 21.3 Å². The molecule has 1 aliphatic carbocycles. The maximum Gasteiger partial charge on any atom is 0.187 e. The highest BCUT2D eigenvalue weighted by atomic mass is 32.2. The van der Waals surface area contributed by atoms with Gasteiger partial charge in [0.25, 0.3) is 0 Å². The van der Waals surface area contributed by atoms with Crippen molar-refractivity contribution < 1.29 is 18.7 Å². The fraction of sp³-hybridized carbons (Fsp3) is 0.407. The van der Waals surface area contributed by atoms with Crippen LogP contribution in [-0.2, 0) is 0 Å². The molecule has 1 atom stereocenters. The number of likely N-dealkylation sites (tertiary alicyclic amines) is 1. The zero-order valence-corrected chi connectivity index (χ0v) is 22.8. The molecule has 2 fully saturated rings. The van der Waals surface area contributed by atoms with E-state index in [-0.39, 0.29) is 0 Å². The van der Waals surface area contributed by atoms with Gasteiger partial charge in [0, 0.05) is 29.8 Å². The van der Waals surface area contributed by atoms with Crippen molar-refractivity contribution in [3.05, 3.63) is 41.6 Å². The summed E-state index contributed by atoms with van der Waals surface area (Å²) in [7, 11) is 7.16. The number of ether oxygens (including phenoxy) is 3. The average molecular weight is 537 g/mol. The topological polar surface area (TPSA) is 110 Å². The number of H-pyrrole nitrogens is 1. The van der Waals surface area contributed by atoms with Crippen LogP contribution in [0.25, 0.3) is 11.0 Å². The van der Waals surface area contributed by atoms with E-state index in [1.165, 1.54) is 36.8 Å². The first kappa shape index (κ1) is 24.7. The smallest absolute Gasteiger partial charge is 0.187 e. The van der Waals surface area contributed by atoms with E-state index in [2.05, 4.69) is 49.5 Å². The summed E-state index contributed by atoms with van der Waals surface area (Å²) in [6.07, 6.45) is 4.73. The second kappa shape index (κ2) is 10.3. The highest BCUT2D eigenvalue weighted by Crippen LogP contribution is 2.44. The highest BCUT2D eigenvalue weighted by Gasteiger charge is 2.27. The van der Waals surface area contributed by atoms with Gasteiger partial charge in [-0.2, -0.15) is 5.10 Å². The van der Waals surface area contributed by atoms with Gasteiger partial charge in [0.2, 0.25) is 0 Å². The summed E-state index contributed by atoms with van der Waals surface area (Å²) in [6.45, 7) is 1.09. The van der Waals surface area contributed by atoms with E-state index >= 15 is 0 Å². The molecule has 200 valence electrons. The molecular weight excluding hydrogens is 504 g/mol. The van der Waals surface area contributed by atoms with Crippen LogP contribution in [0.2, 0.25) is 0 Å². The minimum absolute atomic E-state index is 0.362. The molecule has 2 aliphatic rings. The number of fused-ring (bicyclic) bond motifs is 1. The Hall–Kier alpha value is -3.57. The summed E-state index contributed by atoms with van der Waals surface area (Å²) in [6, 6.07) is 10.4. The van der Waals surface area contributed by atoms with Crippen LogP contribution in [-0.4, -0.2) is 55.2 Å². The fourth-order valence-electron chi connectivity index (χ4n) is 5.07. The average Bonchev–Trinajstić information content (AvgIpc) is 3.32. The Morgan fingerprint density at radius 2 is 1.76 bits per heavy atom. The van der Waals surface area contributed by atoms with Crippen molar-refractivity contribution in [2.24, 2.45) is 0 Å². The molecule has 1 saturated carbocycles. The molecule has 0 spiro atoms. The molecular formula is C27H32N6O4S. The first-order valence-electron chi connectivity index (χ1n) is 12.8. The van der Waals surface area contributed by atoms with Crippen LogP contribution in [0.1, 0.15) is 48.9 Å². The molecule has 1 saturated heterocycles. The summed E-state index contributed by atoms with van der Waals surface area (Å²) in [4.78, 5) is 3.21.